The van der Waals surface area contributed by atoms with Gasteiger partial charge in [0, 0.05) is 17.4 Å². The van der Waals surface area contributed by atoms with Crippen molar-refractivity contribution >= 4 is 34.1 Å². The van der Waals surface area contributed by atoms with Gasteiger partial charge in [0.15, 0.2) is 0 Å². The van der Waals surface area contributed by atoms with Gasteiger partial charge in [0.1, 0.15) is 5.69 Å². The molecule has 1 amide bonds. The molecule has 2 aromatic carbocycles. The number of halogens is 1. The van der Waals surface area contributed by atoms with Gasteiger partial charge in [-0.3, -0.25) is 4.79 Å². The average molecular weight is 369 g/mol. The maximum atomic E-state index is 13.1. The quantitative estimate of drug-likeness (QED) is 0.597. The maximum absolute atomic E-state index is 13.1. The maximum Gasteiger partial charge on any atom is 0.272 e. The molecule has 0 aliphatic heterocycles. The van der Waals surface area contributed by atoms with E-state index in [0.29, 0.717) is 16.4 Å². The van der Waals surface area contributed by atoms with Crippen LogP contribution in [0.3, 0.4) is 0 Å². The molecular weight excluding hydrogens is 344 g/mol. The molecular formula is C22H25ClN2O. The molecule has 0 aliphatic rings. The van der Waals surface area contributed by atoms with Crippen molar-refractivity contribution in [3.63, 3.8) is 0 Å². The number of hydrogen-bond acceptors (Lipinski definition) is 1. The molecule has 3 rings (SSSR count). The standard InChI is InChI=1S/C22H25ClN2O/c1-6-16-8-9-19-17(12-16)15(5)21(25(19)7-2)22(26)24-20-14(4)10-13(3)11-18(20)23/h8-12H,6-7H2,1-5H3,(H,24,26). The average Bonchev–Trinajstić information content (AvgIpc) is 2.89. The molecule has 1 aromatic heterocycles. The molecule has 0 fully saturated rings. The number of carbonyl (C=O) groups is 1. The monoisotopic (exact) mass is 368 g/mol. The van der Waals surface area contributed by atoms with Gasteiger partial charge in [-0.05, 0) is 74.6 Å². The molecule has 0 unspecified atom stereocenters. The number of aromatic nitrogens is 1. The zero-order valence-corrected chi connectivity index (χ0v) is 16.8. The third-order valence-corrected chi connectivity index (χ3v) is 5.29. The number of benzene rings is 2. The fourth-order valence-corrected chi connectivity index (χ4v) is 4.03. The molecule has 3 aromatic rings. The van der Waals surface area contributed by atoms with Crippen LogP contribution in [0.25, 0.3) is 10.9 Å². The summed E-state index contributed by atoms with van der Waals surface area (Å²) in [5.74, 6) is -0.118. The third-order valence-electron chi connectivity index (χ3n) is 4.99. The van der Waals surface area contributed by atoms with E-state index in [1.807, 2.05) is 32.9 Å². The molecule has 4 heteroatoms. The highest BCUT2D eigenvalue weighted by Crippen LogP contribution is 2.31. The van der Waals surface area contributed by atoms with E-state index in [9.17, 15) is 4.79 Å². The summed E-state index contributed by atoms with van der Waals surface area (Å²) in [5.41, 5.74) is 6.81. The number of hydrogen-bond donors (Lipinski definition) is 1. The number of nitrogens with one attached hydrogen (secondary N) is 1. The van der Waals surface area contributed by atoms with Crippen molar-refractivity contribution in [3.8, 4) is 0 Å². The van der Waals surface area contributed by atoms with Crippen LogP contribution in [-0.2, 0) is 13.0 Å². The van der Waals surface area contributed by atoms with E-state index in [2.05, 4.69) is 41.9 Å². The van der Waals surface area contributed by atoms with Crippen LogP contribution in [0, 0.1) is 20.8 Å². The van der Waals surface area contributed by atoms with Gasteiger partial charge in [-0.15, -0.1) is 0 Å². The number of rotatable bonds is 4. The molecule has 0 bridgehead atoms. The van der Waals surface area contributed by atoms with Crippen molar-refractivity contribution in [3.05, 3.63) is 63.3 Å². The Morgan fingerprint density at radius 1 is 1.12 bits per heavy atom. The molecule has 3 nitrogen and oxygen atoms in total. The van der Waals surface area contributed by atoms with Crippen molar-refractivity contribution in [2.45, 2.75) is 47.6 Å². The minimum Gasteiger partial charge on any atom is -0.337 e. The fraction of sp³-hybridized carbons (Fsp3) is 0.318. The van der Waals surface area contributed by atoms with Crippen LogP contribution in [0.1, 0.15) is 46.6 Å². The van der Waals surface area contributed by atoms with Crippen LogP contribution in [-0.4, -0.2) is 10.5 Å². The molecule has 136 valence electrons. The molecule has 0 saturated heterocycles. The topological polar surface area (TPSA) is 34.0 Å². The largest absolute Gasteiger partial charge is 0.337 e. The highest BCUT2D eigenvalue weighted by molar-refractivity contribution is 6.34. The number of carbonyl (C=O) groups excluding carboxylic acids is 1. The van der Waals surface area contributed by atoms with E-state index in [4.69, 9.17) is 11.6 Å². The van der Waals surface area contributed by atoms with E-state index in [-0.39, 0.29) is 5.91 Å². The van der Waals surface area contributed by atoms with E-state index in [1.54, 1.807) is 0 Å². The van der Waals surface area contributed by atoms with Gasteiger partial charge in [0.2, 0.25) is 0 Å². The lowest BCUT2D eigenvalue weighted by Crippen LogP contribution is -2.18. The summed E-state index contributed by atoms with van der Waals surface area (Å²) >= 11 is 6.38. The number of amides is 1. The van der Waals surface area contributed by atoms with Gasteiger partial charge in [0.05, 0.1) is 10.7 Å². The van der Waals surface area contributed by atoms with E-state index >= 15 is 0 Å². The first-order valence-electron chi connectivity index (χ1n) is 9.07. The number of anilines is 1. The predicted molar refractivity (Wildman–Crippen MR) is 111 cm³/mol. The van der Waals surface area contributed by atoms with Gasteiger partial charge in [-0.25, -0.2) is 0 Å². The van der Waals surface area contributed by atoms with Crippen LogP contribution >= 0.6 is 11.6 Å². The summed E-state index contributed by atoms with van der Waals surface area (Å²) < 4.78 is 2.08. The first-order chi connectivity index (χ1) is 12.4. The van der Waals surface area contributed by atoms with Crippen molar-refractivity contribution < 1.29 is 4.79 Å². The Bertz CT molecular complexity index is 978. The molecule has 0 radical (unpaired) electrons. The van der Waals surface area contributed by atoms with E-state index in [0.717, 1.165) is 40.6 Å². The van der Waals surface area contributed by atoms with Crippen LogP contribution in [0.4, 0.5) is 5.69 Å². The van der Waals surface area contributed by atoms with Gasteiger partial charge in [-0.1, -0.05) is 30.7 Å². The SMILES string of the molecule is CCc1ccc2c(c1)c(C)c(C(=O)Nc1c(C)cc(C)cc1Cl)n2CC. The van der Waals surface area contributed by atoms with Gasteiger partial charge in [0.25, 0.3) is 5.91 Å². The lowest BCUT2D eigenvalue weighted by molar-refractivity contribution is 0.101. The lowest BCUT2D eigenvalue weighted by atomic mass is 10.1. The molecule has 0 saturated carbocycles. The molecule has 26 heavy (non-hydrogen) atoms. The second-order valence-corrected chi connectivity index (χ2v) is 7.22. The Labute approximate surface area is 160 Å². The summed E-state index contributed by atoms with van der Waals surface area (Å²) in [5, 5.41) is 4.75. The van der Waals surface area contributed by atoms with Gasteiger partial charge in [-0.2, -0.15) is 0 Å². The molecule has 0 atom stereocenters. The summed E-state index contributed by atoms with van der Waals surface area (Å²) in [6.07, 6.45) is 0.979. The highest BCUT2D eigenvalue weighted by atomic mass is 35.5. The Hall–Kier alpha value is -2.26. The fourth-order valence-electron chi connectivity index (χ4n) is 3.66. The summed E-state index contributed by atoms with van der Waals surface area (Å²) in [6.45, 7) is 10.9. The Kier molecular flexibility index (Phi) is 5.10. The predicted octanol–water partition coefficient (Wildman–Crippen LogP) is 6.05. The van der Waals surface area contributed by atoms with Crippen molar-refractivity contribution in [1.29, 1.82) is 0 Å². The Balaban J connectivity index is 2.10. The minimum atomic E-state index is -0.118. The third kappa shape index (κ3) is 3.12. The Morgan fingerprint density at radius 2 is 1.85 bits per heavy atom. The minimum absolute atomic E-state index is 0.118. The Morgan fingerprint density at radius 3 is 2.46 bits per heavy atom. The second-order valence-electron chi connectivity index (χ2n) is 6.82. The number of aryl methyl sites for hydroxylation is 5. The van der Waals surface area contributed by atoms with Crippen molar-refractivity contribution in [1.82, 2.24) is 4.57 Å². The van der Waals surface area contributed by atoms with E-state index in [1.165, 1.54) is 5.56 Å². The van der Waals surface area contributed by atoms with Crippen LogP contribution in [0.5, 0.6) is 0 Å². The van der Waals surface area contributed by atoms with Gasteiger partial charge >= 0.3 is 0 Å². The van der Waals surface area contributed by atoms with Crippen molar-refractivity contribution in [2.75, 3.05) is 5.32 Å². The summed E-state index contributed by atoms with van der Waals surface area (Å²) in [4.78, 5) is 13.1. The molecule has 0 aliphatic carbocycles. The first-order valence-corrected chi connectivity index (χ1v) is 9.45. The first kappa shape index (κ1) is 18.5. The zero-order valence-electron chi connectivity index (χ0n) is 16.0. The number of fused-ring (bicyclic) bond motifs is 1. The second kappa shape index (κ2) is 7.16. The van der Waals surface area contributed by atoms with Crippen LogP contribution in [0.2, 0.25) is 5.02 Å². The van der Waals surface area contributed by atoms with E-state index < -0.39 is 0 Å². The van der Waals surface area contributed by atoms with Crippen LogP contribution < -0.4 is 5.32 Å². The summed E-state index contributed by atoms with van der Waals surface area (Å²) in [7, 11) is 0. The number of nitrogens with zero attached hydrogens (tertiary/aromatic N) is 1. The van der Waals surface area contributed by atoms with Gasteiger partial charge < -0.3 is 9.88 Å². The molecule has 1 heterocycles. The zero-order chi connectivity index (χ0) is 19.0. The molecule has 1 N–H and O–H groups in total. The normalized spacial score (nSPS) is 11.2. The smallest absolute Gasteiger partial charge is 0.272 e. The van der Waals surface area contributed by atoms with Crippen LogP contribution in [0.15, 0.2) is 30.3 Å². The van der Waals surface area contributed by atoms with Crippen molar-refractivity contribution in [2.24, 2.45) is 0 Å². The molecule has 0 spiro atoms. The lowest BCUT2D eigenvalue weighted by Gasteiger charge is -2.13. The highest BCUT2D eigenvalue weighted by Gasteiger charge is 2.21. The summed E-state index contributed by atoms with van der Waals surface area (Å²) in [6, 6.07) is 10.3.